The van der Waals surface area contributed by atoms with Crippen LogP contribution in [0.4, 0.5) is 0 Å². The molecule has 88 valence electrons. The minimum absolute atomic E-state index is 0.00796. The molecular weight excluding hydrogens is 204 g/mol. The Labute approximate surface area is 95.4 Å². The highest BCUT2D eigenvalue weighted by atomic mass is 16.3. The standard InChI is InChI=1S/C12H18N2O2/c1-8-10(5-6-16-8)12(15)14(2)11(7-13)9-3-4-9/h5-6,9,11H,3-4,7,13H2,1-2H3. The second-order valence-electron chi connectivity index (χ2n) is 4.45. The predicted octanol–water partition coefficient (Wildman–Crippen LogP) is 1.40. The van der Waals surface area contributed by atoms with E-state index in [1.165, 1.54) is 12.8 Å². The molecule has 0 spiro atoms. The molecule has 1 fully saturated rings. The first-order valence-corrected chi connectivity index (χ1v) is 5.66. The van der Waals surface area contributed by atoms with Crippen molar-refractivity contribution in [2.75, 3.05) is 13.6 Å². The predicted molar refractivity (Wildman–Crippen MR) is 61.1 cm³/mol. The van der Waals surface area contributed by atoms with Gasteiger partial charge in [0, 0.05) is 19.6 Å². The van der Waals surface area contributed by atoms with E-state index < -0.39 is 0 Å². The number of furan rings is 1. The molecule has 1 aromatic heterocycles. The number of rotatable bonds is 4. The molecule has 0 bridgehead atoms. The molecule has 0 radical (unpaired) electrons. The summed E-state index contributed by atoms with van der Waals surface area (Å²) in [5.41, 5.74) is 6.37. The molecule has 1 aromatic rings. The van der Waals surface area contributed by atoms with Crippen molar-refractivity contribution in [1.82, 2.24) is 4.90 Å². The van der Waals surface area contributed by atoms with Crippen molar-refractivity contribution in [2.45, 2.75) is 25.8 Å². The van der Waals surface area contributed by atoms with Crippen molar-refractivity contribution in [3.05, 3.63) is 23.7 Å². The third-order valence-electron chi connectivity index (χ3n) is 3.31. The number of carbonyl (C=O) groups is 1. The second kappa shape index (κ2) is 4.29. The van der Waals surface area contributed by atoms with Crippen LogP contribution in [-0.2, 0) is 0 Å². The second-order valence-corrected chi connectivity index (χ2v) is 4.45. The fourth-order valence-electron chi connectivity index (χ4n) is 2.10. The molecule has 0 aromatic carbocycles. The van der Waals surface area contributed by atoms with E-state index in [4.69, 9.17) is 10.2 Å². The Morgan fingerprint density at radius 2 is 2.38 bits per heavy atom. The van der Waals surface area contributed by atoms with Gasteiger partial charge in [-0.1, -0.05) is 0 Å². The van der Waals surface area contributed by atoms with E-state index in [2.05, 4.69) is 0 Å². The Bertz CT molecular complexity index is 382. The lowest BCUT2D eigenvalue weighted by Crippen LogP contribution is -2.43. The number of nitrogens with zero attached hydrogens (tertiary/aromatic N) is 1. The number of likely N-dealkylation sites (N-methyl/N-ethyl adjacent to an activating group) is 1. The average Bonchev–Trinajstić information content (AvgIpc) is 3.01. The zero-order valence-electron chi connectivity index (χ0n) is 9.77. The Hall–Kier alpha value is -1.29. The summed E-state index contributed by atoms with van der Waals surface area (Å²) in [5, 5.41) is 0. The van der Waals surface area contributed by atoms with Gasteiger partial charge in [-0.05, 0) is 31.7 Å². The van der Waals surface area contributed by atoms with Crippen LogP contribution in [-0.4, -0.2) is 30.4 Å². The molecule has 0 saturated heterocycles. The number of nitrogens with two attached hydrogens (primary N) is 1. The van der Waals surface area contributed by atoms with E-state index >= 15 is 0 Å². The summed E-state index contributed by atoms with van der Waals surface area (Å²) in [6, 6.07) is 1.89. The smallest absolute Gasteiger partial charge is 0.257 e. The van der Waals surface area contributed by atoms with Crippen LogP contribution in [0.2, 0.25) is 0 Å². The van der Waals surface area contributed by atoms with Crippen molar-refractivity contribution in [1.29, 1.82) is 0 Å². The number of hydrogen-bond donors (Lipinski definition) is 1. The summed E-state index contributed by atoms with van der Waals surface area (Å²) in [6.07, 6.45) is 3.92. The summed E-state index contributed by atoms with van der Waals surface area (Å²) in [7, 11) is 1.82. The van der Waals surface area contributed by atoms with Crippen LogP contribution < -0.4 is 5.73 Å². The van der Waals surface area contributed by atoms with Crippen molar-refractivity contribution >= 4 is 5.91 Å². The third-order valence-corrected chi connectivity index (χ3v) is 3.31. The SMILES string of the molecule is Cc1occc1C(=O)N(C)C(CN)C1CC1. The average molecular weight is 222 g/mol. The van der Waals surface area contributed by atoms with Gasteiger partial charge in [0.05, 0.1) is 11.8 Å². The summed E-state index contributed by atoms with van der Waals surface area (Å²) in [6.45, 7) is 2.33. The Morgan fingerprint density at radius 1 is 1.69 bits per heavy atom. The van der Waals surface area contributed by atoms with E-state index in [0.717, 1.165) is 0 Å². The highest BCUT2D eigenvalue weighted by Gasteiger charge is 2.35. The zero-order valence-corrected chi connectivity index (χ0v) is 9.77. The third kappa shape index (κ3) is 1.97. The minimum atomic E-state index is 0.00796. The van der Waals surface area contributed by atoms with Crippen molar-refractivity contribution in [2.24, 2.45) is 11.7 Å². The molecule has 1 aliphatic carbocycles. The largest absolute Gasteiger partial charge is 0.469 e. The van der Waals surface area contributed by atoms with Gasteiger partial charge in [0.1, 0.15) is 5.76 Å². The van der Waals surface area contributed by atoms with Gasteiger partial charge in [0.15, 0.2) is 0 Å². The maximum absolute atomic E-state index is 12.2. The number of aryl methyl sites for hydroxylation is 1. The van der Waals surface area contributed by atoms with Crippen LogP contribution in [0.15, 0.2) is 16.7 Å². The highest BCUT2D eigenvalue weighted by molar-refractivity contribution is 5.95. The van der Waals surface area contributed by atoms with Gasteiger partial charge < -0.3 is 15.1 Å². The Morgan fingerprint density at radius 3 is 2.81 bits per heavy atom. The maximum atomic E-state index is 12.2. The van der Waals surface area contributed by atoms with Crippen LogP contribution in [0.1, 0.15) is 29.0 Å². The first kappa shape index (κ1) is 11.2. The van der Waals surface area contributed by atoms with E-state index in [9.17, 15) is 4.79 Å². The fraction of sp³-hybridized carbons (Fsp3) is 0.583. The normalized spacial score (nSPS) is 17.2. The minimum Gasteiger partial charge on any atom is -0.469 e. The fourth-order valence-corrected chi connectivity index (χ4v) is 2.10. The van der Waals surface area contributed by atoms with Crippen LogP contribution in [0.5, 0.6) is 0 Å². The molecule has 4 nitrogen and oxygen atoms in total. The monoisotopic (exact) mass is 222 g/mol. The maximum Gasteiger partial charge on any atom is 0.257 e. The number of hydrogen-bond acceptors (Lipinski definition) is 3. The summed E-state index contributed by atoms with van der Waals surface area (Å²) in [4.78, 5) is 13.9. The van der Waals surface area contributed by atoms with Crippen LogP contribution in [0, 0.1) is 12.8 Å². The summed E-state index contributed by atoms with van der Waals surface area (Å²) >= 11 is 0. The molecule has 1 amide bonds. The van der Waals surface area contributed by atoms with Crippen molar-refractivity contribution in [3.8, 4) is 0 Å². The van der Waals surface area contributed by atoms with Gasteiger partial charge in [0.25, 0.3) is 5.91 Å². The first-order chi connectivity index (χ1) is 7.65. The molecule has 2 rings (SSSR count). The first-order valence-electron chi connectivity index (χ1n) is 5.66. The van der Waals surface area contributed by atoms with Gasteiger partial charge >= 0.3 is 0 Å². The number of amides is 1. The molecule has 4 heteroatoms. The molecule has 16 heavy (non-hydrogen) atoms. The molecular formula is C12H18N2O2. The molecule has 1 aliphatic rings. The molecule has 1 heterocycles. The van der Waals surface area contributed by atoms with E-state index in [0.29, 0.717) is 23.8 Å². The van der Waals surface area contributed by atoms with E-state index in [-0.39, 0.29) is 11.9 Å². The van der Waals surface area contributed by atoms with Crippen LogP contribution in [0.3, 0.4) is 0 Å². The summed E-state index contributed by atoms with van der Waals surface area (Å²) < 4.78 is 5.15. The van der Waals surface area contributed by atoms with Crippen molar-refractivity contribution < 1.29 is 9.21 Å². The topological polar surface area (TPSA) is 59.5 Å². The van der Waals surface area contributed by atoms with Gasteiger partial charge in [-0.15, -0.1) is 0 Å². The molecule has 1 saturated carbocycles. The lowest BCUT2D eigenvalue weighted by atomic mass is 10.1. The van der Waals surface area contributed by atoms with Crippen LogP contribution >= 0.6 is 0 Å². The lowest BCUT2D eigenvalue weighted by Gasteiger charge is -2.26. The molecule has 1 atom stereocenters. The zero-order chi connectivity index (χ0) is 11.7. The molecule has 2 N–H and O–H groups in total. The Kier molecular flexibility index (Phi) is 3.01. The lowest BCUT2D eigenvalue weighted by molar-refractivity contribution is 0.0717. The number of carbonyl (C=O) groups excluding carboxylic acids is 1. The Balaban J connectivity index is 2.11. The van der Waals surface area contributed by atoms with E-state index in [1.807, 2.05) is 7.05 Å². The van der Waals surface area contributed by atoms with Gasteiger partial charge in [0.2, 0.25) is 0 Å². The van der Waals surface area contributed by atoms with Gasteiger partial charge in [-0.2, -0.15) is 0 Å². The van der Waals surface area contributed by atoms with E-state index in [1.54, 1.807) is 24.2 Å². The van der Waals surface area contributed by atoms with Gasteiger partial charge in [-0.3, -0.25) is 4.79 Å². The summed E-state index contributed by atoms with van der Waals surface area (Å²) in [5.74, 6) is 1.27. The molecule has 0 aliphatic heterocycles. The van der Waals surface area contributed by atoms with Crippen LogP contribution in [0.25, 0.3) is 0 Å². The molecule has 1 unspecified atom stereocenters. The highest BCUT2D eigenvalue weighted by Crippen LogP contribution is 2.35. The van der Waals surface area contributed by atoms with Gasteiger partial charge in [-0.25, -0.2) is 0 Å². The quantitative estimate of drug-likeness (QED) is 0.837. The van der Waals surface area contributed by atoms with Crippen molar-refractivity contribution in [3.63, 3.8) is 0 Å².